The first-order chi connectivity index (χ1) is 8.49. The van der Waals surface area contributed by atoms with Gasteiger partial charge in [-0.3, -0.25) is 14.6 Å². The Balaban J connectivity index is 2.21. The molecule has 1 unspecified atom stereocenters. The zero-order valence-electron chi connectivity index (χ0n) is 10.7. The van der Waals surface area contributed by atoms with Gasteiger partial charge in [-0.1, -0.05) is 0 Å². The average Bonchev–Trinajstić information content (AvgIpc) is 2.57. The minimum absolute atomic E-state index is 0.177. The molecule has 2 aromatic heterocycles. The fourth-order valence-electron chi connectivity index (χ4n) is 1.81. The number of halogens is 1. The van der Waals surface area contributed by atoms with Gasteiger partial charge in [0.05, 0.1) is 39.5 Å². The van der Waals surface area contributed by atoms with Crippen LogP contribution in [0.3, 0.4) is 0 Å². The molecule has 0 aromatic carbocycles. The van der Waals surface area contributed by atoms with Crippen LogP contribution in [0.5, 0.6) is 0 Å². The quantitative estimate of drug-likeness (QED) is 0.939. The number of nitrogens with two attached hydrogens (primary N) is 1. The Kier molecular flexibility index (Phi) is 3.77. The third-order valence-corrected chi connectivity index (χ3v) is 3.89. The molecule has 0 fully saturated rings. The summed E-state index contributed by atoms with van der Waals surface area (Å²) in [6.07, 6.45) is 4.14. The van der Waals surface area contributed by atoms with Crippen molar-refractivity contribution in [1.82, 2.24) is 19.7 Å². The van der Waals surface area contributed by atoms with Crippen molar-refractivity contribution in [3.63, 3.8) is 0 Å². The van der Waals surface area contributed by atoms with Gasteiger partial charge in [0.25, 0.3) is 0 Å². The molecule has 6 heteroatoms. The normalized spacial score (nSPS) is 12.7. The molecule has 1 atom stereocenters. The van der Waals surface area contributed by atoms with Gasteiger partial charge < -0.3 is 5.73 Å². The summed E-state index contributed by atoms with van der Waals surface area (Å²) in [5.41, 5.74) is 9.89. The third-order valence-electron chi connectivity index (χ3n) is 2.86. The monoisotopic (exact) mass is 309 g/mol. The molecule has 0 bridgehead atoms. The Morgan fingerprint density at radius 3 is 2.56 bits per heavy atom. The maximum absolute atomic E-state index is 6.16. The predicted molar refractivity (Wildman–Crippen MR) is 73.0 cm³/mol. The predicted octanol–water partition coefficient (Wildman–Crippen LogP) is 1.83. The average molecular weight is 310 g/mol. The molecule has 0 aliphatic rings. The molecular weight excluding hydrogens is 294 g/mol. The van der Waals surface area contributed by atoms with Crippen molar-refractivity contribution in [2.24, 2.45) is 12.8 Å². The second-order valence-corrected chi connectivity index (χ2v) is 5.16. The standard InChI is InChI=1S/C12H16BrN5/c1-7-5-16-10(6-15-7)9(14)4-11-12(13)8(2)17-18(11)3/h5-6,9H,4,14H2,1-3H3. The van der Waals surface area contributed by atoms with E-state index in [0.29, 0.717) is 6.42 Å². The largest absolute Gasteiger partial charge is 0.322 e. The van der Waals surface area contributed by atoms with Crippen LogP contribution in [0, 0.1) is 13.8 Å². The number of hydrogen-bond acceptors (Lipinski definition) is 4. The van der Waals surface area contributed by atoms with Crippen LogP contribution >= 0.6 is 15.9 Å². The van der Waals surface area contributed by atoms with Crippen molar-refractivity contribution >= 4 is 15.9 Å². The van der Waals surface area contributed by atoms with Crippen molar-refractivity contribution < 1.29 is 0 Å². The van der Waals surface area contributed by atoms with Crippen LogP contribution in [0.4, 0.5) is 0 Å². The molecule has 5 nitrogen and oxygen atoms in total. The molecule has 96 valence electrons. The Labute approximate surface area is 115 Å². The summed E-state index contributed by atoms with van der Waals surface area (Å²) in [5, 5.41) is 4.35. The van der Waals surface area contributed by atoms with Gasteiger partial charge in [-0.2, -0.15) is 5.10 Å². The lowest BCUT2D eigenvalue weighted by Crippen LogP contribution is -2.17. The van der Waals surface area contributed by atoms with Crippen LogP contribution in [-0.4, -0.2) is 19.7 Å². The maximum Gasteiger partial charge on any atom is 0.0758 e. The fourth-order valence-corrected chi connectivity index (χ4v) is 2.31. The van der Waals surface area contributed by atoms with Crippen molar-refractivity contribution in [2.45, 2.75) is 26.3 Å². The summed E-state index contributed by atoms with van der Waals surface area (Å²) in [4.78, 5) is 8.52. The van der Waals surface area contributed by atoms with Crippen LogP contribution in [0.1, 0.15) is 28.8 Å². The summed E-state index contributed by atoms with van der Waals surface area (Å²) in [6.45, 7) is 3.87. The first-order valence-electron chi connectivity index (χ1n) is 5.71. The number of hydrogen-bond donors (Lipinski definition) is 1. The van der Waals surface area contributed by atoms with E-state index in [1.54, 1.807) is 12.4 Å². The van der Waals surface area contributed by atoms with E-state index in [1.165, 1.54) is 0 Å². The lowest BCUT2D eigenvalue weighted by atomic mass is 10.1. The van der Waals surface area contributed by atoms with Crippen molar-refractivity contribution in [2.75, 3.05) is 0 Å². The molecule has 0 radical (unpaired) electrons. The minimum Gasteiger partial charge on any atom is -0.322 e. The van der Waals surface area contributed by atoms with Gasteiger partial charge in [0, 0.05) is 19.7 Å². The molecule has 0 saturated heterocycles. The van der Waals surface area contributed by atoms with Gasteiger partial charge in [-0.15, -0.1) is 0 Å². The van der Waals surface area contributed by atoms with Gasteiger partial charge in [0.1, 0.15) is 0 Å². The lowest BCUT2D eigenvalue weighted by molar-refractivity contribution is 0.624. The van der Waals surface area contributed by atoms with E-state index in [4.69, 9.17) is 5.73 Å². The maximum atomic E-state index is 6.16. The van der Waals surface area contributed by atoms with Crippen LogP contribution in [-0.2, 0) is 13.5 Å². The van der Waals surface area contributed by atoms with Gasteiger partial charge in [0.15, 0.2) is 0 Å². The van der Waals surface area contributed by atoms with Crippen LogP contribution in [0.2, 0.25) is 0 Å². The van der Waals surface area contributed by atoms with Gasteiger partial charge in [0.2, 0.25) is 0 Å². The Hall–Kier alpha value is -1.27. The Bertz CT molecular complexity index is 546. The summed E-state index contributed by atoms with van der Waals surface area (Å²) in [5.74, 6) is 0. The highest BCUT2D eigenvalue weighted by Gasteiger charge is 2.16. The van der Waals surface area contributed by atoms with Crippen LogP contribution < -0.4 is 5.73 Å². The molecule has 0 amide bonds. The third kappa shape index (κ3) is 2.59. The second kappa shape index (κ2) is 5.16. The molecule has 18 heavy (non-hydrogen) atoms. The molecule has 2 N–H and O–H groups in total. The summed E-state index contributed by atoms with van der Waals surface area (Å²) in [7, 11) is 1.92. The molecular formula is C12H16BrN5. The van der Waals surface area contributed by atoms with E-state index in [-0.39, 0.29) is 6.04 Å². The number of aromatic nitrogens is 4. The molecule has 0 aliphatic carbocycles. The molecule has 2 aromatic rings. The highest BCUT2D eigenvalue weighted by Crippen LogP contribution is 2.24. The van der Waals surface area contributed by atoms with Gasteiger partial charge in [-0.05, 0) is 29.8 Å². The first kappa shape index (κ1) is 13.2. The number of rotatable bonds is 3. The molecule has 0 aliphatic heterocycles. The van der Waals surface area contributed by atoms with Crippen LogP contribution in [0.15, 0.2) is 16.9 Å². The van der Waals surface area contributed by atoms with Crippen molar-refractivity contribution in [3.8, 4) is 0 Å². The molecule has 2 rings (SSSR count). The SMILES string of the molecule is Cc1cnc(C(N)Cc2c(Br)c(C)nn2C)cn1. The first-order valence-corrected chi connectivity index (χ1v) is 6.50. The highest BCUT2D eigenvalue weighted by atomic mass is 79.9. The van der Waals surface area contributed by atoms with Crippen molar-refractivity contribution in [3.05, 3.63) is 39.6 Å². The molecule has 0 spiro atoms. The zero-order valence-corrected chi connectivity index (χ0v) is 12.3. The smallest absolute Gasteiger partial charge is 0.0758 e. The van der Waals surface area contributed by atoms with E-state index >= 15 is 0 Å². The van der Waals surface area contributed by atoms with E-state index in [0.717, 1.165) is 27.2 Å². The summed E-state index contributed by atoms with van der Waals surface area (Å²) >= 11 is 3.54. The zero-order chi connectivity index (χ0) is 13.3. The Morgan fingerprint density at radius 2 is 2.06 bits per heavy atom. The van der Waals surface area contributed by atoms with E-state index < -0.39 is 0 Å². The Morgan fingerprint density at radius 1 is 1.33 bits per heavy atom. The second-order valence-electron chi connectivity index (χ2n) is 4.36. The lowest BCUT2D eigenvalue weighted by Gasteiger charge is -2.11. The molecule has 2 heterocycles. The topological polar surface area (TPSA) is 69.6 Å². The van der Waals surface area contributed by atoms with Gasteiger partial charge >= 0.3 is 0 Å². The van der Waals surface area contributed by atoms with Crippen molar-refractivity contribution in [1.29, 1.82) is 0 Å². The molecule has 0 saturated carbocycles. The van der Waals surface area contributed by atoms with Crippen LogP contribution in [0.25, 0.3) is 0 Å². The fraction of sp³-hybridized carbons (Fsp3) is 0.417. The van der Waals surface area contributed by atoms with E-state index in [2.05, 4.69) is 31.0 Å². The minimum atomic E-state index is -0.177. The van der Waals surface area contributed by atoms with Gasteiger partial charge in [-0.25, -0.2) is 0 Å². The highest BCUT2D eigenvalue weighted by molar-refractivity contribution is 9.10. The number of aryl methyl sites for hydroxylation is 3. The van der Waals surface area contributed by atoms with E-state index in [1.807, 2.05) is 25.6 Å². The van der Waals surface area contributed by atoms with E-state index in [9.17, 15) is 0 Å². The number of nitrogens with zero attached hydrogens (tertiary/aromatic N) is 4. The summed E-state index contributed by atoms with van der Waals surface area (Å²) in [6, 6.07) is -0.177. The summed E-state index contributed by atoms with van der Waals surface area (Å²) < 4.78 is 2.86.